The average Bonchev–Trinajstić information content (AvgIpc) is 2.37. The zero-order valence-corrected chi connectivity index (χ0v) is 9.60. The van der Waals surface area contributed by atoms with Crippen LogP contribution in [0.5, 0.6) is 0 Å². The second-order valence-corrected chi connectivity index (χ2v) is 3.90. The molecule has 0 saturated carbocycles. The zero-order valence-electron chi connectivity index (χ0n) is 9.60. The topological polar surface area (TPSA) is 37.8 Å². The number of rotatable bonds is 4. The van der Waals surface area contributed by atoms with Gasteiger partial charge in [0.15, 0.2) is 0 Å². The van der Waals surface area contributed by atoms with Crippen LogP contribution in [0.4, 0.5) is 4.39 Å². The molecule has 3 nitrogen and oxygen atoms in total. The molecule has 4 heteroatoms. The Morgan fingerprint density at radius 2 is 2.06 bits per heavy atom. The van der Waals surface area contributed by atoms with Gasteiger partial charge in [-0.05, 0) is 24.6 Å². The molecule has 2 rings (SSSR count). The number of hydrogen-bond donors (Lipinski definition) is 1. The van der Waals surface area contributed by atoms with E-state index in [2.05, 4.69) is 15.3 Å². The molecule has 1 heterocycles. The Morgan fingerprint density at radius 1 is 1.29 bits per heavy atom. The Bertz CT molecular complexity index is 473. The second-order valence-electron chi connectivity index (χ2n) is 3.90. The van der Waals surface area contributed by atoms with Gasteiger partial charge in [-0.2, -0.15) is 0 Å². The lowest BCUT2D eigenvalue weighted by Gasteiger charge is -2.13. The minimum absolute atomic E-state index is 0.0888. The van der Waals surface area contributed by atoms with Gasteiger partial charge in [-0.1, -0.05) is 12.1 Å². The van der Waals surface area contributed by atoms with Crippen LogP contribution in [-0.2, 0) is 6.54 Å². The number of aromatic nitrogens is 2. The van der Waals surface area contributed by atoms with E-state index in [4.69, 9.17) is 0 Å². The largest absolute Gasteiger partial charge is 0.306 e. The third-order valence-electron chi connectivity index (χ3n) is 2.58. The quantitative estimate of drug-likeness (QED) is 0.878. The number of benzene rings is 1. The first-order chi connectivity index (χ1) is 8.25. The number of nitrogens with zero attached hydrogens (tertiary/aromatic N) is 2. The third-order valence-corrected chi connectivity index (χ3v) is 2.58. The minimum atomic E-state index is -0.209. The molecule has 0 saturated heterocycles. The summed E-state index contributed by atoms with van der Waals surface area (Å²) in [6.45, 7) is 2.66. The van der Waals surface area contributed by atoms with Gasteiger partial charge in [-0.25, -0.2) is 14.4 Å². The molecular weight excluding hydrogens is 217 g/mol. The highest BCUT2D eigenvalue weighted by Gasteiger charge is 2.05. The highest BCUT2D eigenvalue weighted by Crippen LogP contribution is 2.13. The summed E-state index contributed by atoms with van der Waals surface area (Å²) in [5.74, 6) is -0.209. The van der Waals surface area contributed by atoms with Crippen molar-refractivity contribution in [3.05, 3.63) is 59.9 Å². The molecule has 1 aromatic heterocycles. The lowest BCUT2D eigenvalue weighted by atomic mass is 10.1. The smallest absolute Gasteiger partial charge is 0.123 e. The van der Waals surface area contributed by atoms with E-state index in [9.17, 15) is 4.39 Å². The number of halogens is 1. The van der Waals surface area contributed by atoms with Crippen LogP contribution in [0.15, 0.2) is 43.0 Å². The summed E-state index contributed by atoms with van der Waals surface area (Å²) in [7, 11) is 0. The van der Waals surface area contributed by atoms with E-state index in [1.54, 1.807) is 24.5 Å². The molecular formula is C13H14FN3. The molecule has 17 heavy (non-hydrogen) atoms. The van der Waals surface area contributed by atoms with Gasteiger partial charge in [0.05, 0.1) is 0 Å². The van der Waals surface area contributed by atoms with Crippen molar-refractivity contribution >= 4 is 0 Å². The number of hydrogen-bond acceptors (Lipinski definition) is 3. The number of nitrogens with one attached hydrogen (secondary N) is 1. The second kappa shape index (κ2) is 5.50. The molecule has 0 aliphatic carbocycles. The maximum atomic E-state index is 13.0. The van der Waals surface area contributed by atoms with Crippen LogP contribution in [0, 0.1) is 5.82 Å². The highest BCUT2D eigenvalue weighted by atomic mass is 19.1. The maximum absolute atomic E-state index is 13.0. The first-order valence-corrected chi connectivity index (χ1v) is 5.48. The Morgan fingerprint density at radius 3 is 2.76 bits per heavy atom. The van der Waals surface area contributed by atoms with E-state index in [1.807, 2.05) is 13.0 Å². The zero-order chi connectivity index (χ0) is 12.1. The van der Waals surface area contributed by atoms with Crippen LogP contribution in [0.1, 0.15) is 24.1 Å². The lowest BCUT2D eigenvalue weighted by Crippen LogP contribution is -2.18. The molecule has 2 aromatic rings. The first kappa shape index (κ1) is 11.7. The Balaban J connectivity index is 1.96. The van der Waals surface area contributed by atoms with Crippen LogP contribution in [0.25, 0.3) is 0 Å². The van der Waals surface area contributed by atoms with Crippen LogP contribution >= 0.6 is 0 Å². The van der Waals surface area contributed by atoms with Crippen LogP contribution in [0.2, 0.25) is 0 Å². The summed E-state index contributed by atoms with van der Waals surface area (Å²) in [4.78, 5) is 7.88. The molecule has 0 aliphatic heterocycles. The normalized spacial score (nSPS) is 12.4. The molecule has 88 valence electrons. The van der Waals surface area contributed by atoms with Gasteiger partial charge in [-0.3, -0.25) is 0 Å². The van der Waals surface area contributed by atoms with Crippen molar-refractivity contribution in [3.63, 3.8) is 0 Å². The fraction of sp³-hybridized carbons (Fsp3) is 0.231. The fourth-order valence-corrected chi connectivity index (χ4v) is 1.59. The standard InChI is InChI=1S/C13H14FN3/c1-10(12-3-2-4-13(14)5-12)17-8-11-6-15-9-16-7-11/h2-7,9-10,17H,8H2,1H3/t10-/m0/s1. The molecule has 0 amide bonds. The lowest BCUT2D eigenvalue weighted by molar-refractivity contribution is 0.563. The van der Waals surface area contributed by atoms with Crippen molar-refractivity contribution < 1.29 is 4.39 Å². The van der Waals surface area contributed by atoms with Gasteiger partial charge in [-0.15, -0.1) is 0 Å². The van der Waals surface area contributed by atoms with Crippen molar-refractivity contribution in [2.75, 3.05) is 0 Å². The van der Waals surface area contributed by atoms with E-state index >= 15 is 0 Å². The van der Waals surface area contributed by atoms with Crippen LogP contribution in [-0.4, -0.2) is 9.97 Å². The van der Waals surface area contributed by atoms with Crippen molar-refractivity contribution in [3.8, 4) is 0 Å². The van der Waals surface area contributed by atoms with Gasteiger partial charge in [0.1, 0.15) is 12.1 Å². The molecule has 0 bridgehead atoms. The maximum Gasteiger partial charge on any atom is 0.123 e. The summed E-state index contributed by atoms with van der Waals surface area (Å²) in [6.07, 6.45) is 5.02. The van der Waals surface area contributed by atoms with Gasteiger partial charge < -0.3 is 5.32 Å². The van der Waals surface area contributed by atoms with E-state index < -0.39 is 0 Å². The summed E-state index contributed by atoms with van der Waals surface area (Å²) in [5.41, 5.74) is 1.94. The van der Waals surface area contributed by atoms with Crippen molar-refractivity contribution in [2.24, 2.45) is 0 Å². The highest BCUT2D eigenvalue weighted by molar-refractivity contribution is 5.19. The molecule has 0 fully saturated rings. The molecule has 1 aromatic carbocycles. The van der Waals surface area contributed by atoms with E-state index in [-0.39, 0.29) is 11.9 Å². The Hall–Kier alpha value is -1.81. The van der Waals surface area contributed by atoms with Crippen molar-refractivity contribution in [1.82, 2.24) is 15.3 Å². The summed E-state index contributed by atoms with van der Waals surface area (Å²) >= 11 is 0. The molecule has 0 radical (unpaired) electrons. The monoisotopic (exact) mass is 231 g/mol. The third kappa shape index (κ3) is 3.32. The predicted octanol–water partition coefficient (Wildman–Crippen LogP) is 2.47. The van der Waals surface area contributed by atoms with Crippen LogP contribution < -0.4 is 5.32 Å². The summed E-state index contributed by atoms with van der Waals surface area (Å²) in [5, 5.41) is 3.30. The molecule has 0 aliphatic rings. The molecule has 1 atom stereocenters. The van der Waals surface area contributed by atoms with Gasteiger partial charge >= 0.3 is 0 Å². The summed E-state index contributed by atoms with van der Waals surface area (Å²) in [6, 6.07) is 6.70. The van der Waals surface area contributed by atoms with E-state index in [0.29, 0.717) is 6.54 Å². The van der Waals surface area contributed by atoms with Crippen molar-refractivity contribution in [2.45, 2.75) is 19.5 Å². The minimum Gasteiger partial charge on any atom is -0.306 e. The average molecular weight is 231 g/mol. The SMILES string of the molecule is C[C@H](NCc1cncnc1)c1cccc(F)c1. The molecule has 0 spiro atoms. The van der Waals surface area contributed by atoms with E-state index in [1.165, 1.54) is 12.4 Å². The Labute approximate surface area is 99.7 Å². The molecule has 1 N–H and O–H groups in total. The van der Waals surface area contributed by atoms with Crippen molar-refractivity contribution in [1.29, 1.82) is 0 Å². The van der Waals surface area contributed by atoms with E-state index in [0.717, 1.165) is 11.1 Å². The van der Waals surface area contributed by atoms with Gasteiger partial charge in [0, 0.05) is 30.5 Å². The first-order valence-electron chi connectivity index (χ1n) is 5.48. The molecule has 0 unspecified atom stereocenters. The predicted molar refractivity (Wildman–Crippen MR) is 63.7 cm³/mol. The van der Waals surface area contributed by atoms with Gasteiger partial charge in [0.2, 0.25) is 0 Å². The van der Waals surface area contributed by atoms with Crippen LogP contribution in [0.3, 0.4) is 0 Å². The fourth-order valence-electron chi connectivity index (χ4n) is 1.59. The summed E-state index contributed by atoms with van der Waals surface area (Å²) < 4.78 is 13.0. The van der Waals surface area contributed by atoms with Gasteiger partial charge in [0.25, 0.3) is 0 Å². The Kier molecular flexibility index (Phi) is 3.77.